The van der Waals surface area contributed by atoms with Gasteiger partial charge in [-0.1, -0.05) is 6.07 Å². The second-order valence-corrected chi connectivity index (χ2v) is 10.5. The fourth-order valence-electron chi connectivity index (χ4n) is 5.77. The van der Waals surface area contributed by atoms with Crippen molar-refractivity contribution in [2.24, 2.45) is 5.92 Å². The van der Waals surface area contributed by atoms with Crippen LogP contribution in [0, 0.1) is 17.2 Å². The summed E-state index contributed by atoms with van der Waals surface area (Å²) in [6.07, 6.45) is 4.02. The van der Waals surface area contributed by atoms with Crippen molar-refractivity contribution in [3.8, 4) is 17.6 Å². The molecule has 1 aliphatic carbocycles. The summed E-state index contributed by atoms with van der Waals surface area (Å²) in [6.45, 7) is 3.49. The van der Waals surface area contributed by atoms with E-state index in [0.29, 0.717) is 66.8 Å². The molecule has 2 aromatic rings. The molecule has 3 atom stereocenters. The predicted octanol–water partition coefficient (Wildman–Crippen LogP) is 2.13. The normalized spacial score (nSPS) is 23.5. The SMILES string of the molecule is N#Cc1c(OCC2CCCN2)ccc2c1CC(CNCCC1CN(c3ccc4c(n3)NC(=O)CO4)C(=O)O1)C2. The number of nitrogens with zero attached hydrogens (tertiary/aromatic N) is 3. The zero-order chi connectivity index (χ0) is 26.8. The number of fused-ring (bicyclic) bond motifs is 2. The van der Waals surface area contributed by atoms with Gasteiger partial charge in [-0.05, 0) is 87.0 Å². The number of aromatic nitrogens is 1. The summed E-state index contributed by atoms with van der Waals surface area (Å²) in [6, 6.07) is 10.2. The van der Waals surface area contributed by atoms with Crippen molar-refractivity contribution in [2.45, 2.75) is 44.2 Å². The van der Waals surface area contributed by atoms with Crippen molar-refractivity contribution in [3.63, 3.8) is 0 Å². The molecule has 4 aliphatic rings. The van der Waals surface area contributed by atoms with Crippen LogP contribution < -0.4 is 30.3 Å². The molecule has 1 aromatic carbocycles. The third kappa shape index (κ3) is 5.48. The second-order valence-electron chi connectivity index (χ2n) is 10.5. The van der Waals surface area contributed by atoms with Gasteiger partial charge in [0.05, 0.1) is 12.1 Å². The first-order chi connectivity index (χ1) is 19.1. The van der Waals surface area contributed by atoms with E-state index >= 15 is 0 Å². The van der Waals surface area contributed by atoms with Gasteiger partial charge in [0.25, 0.3) is 5.91 Å². The molecule has 2 saturated heterocycles. The number of carbonyl (C=O) groups is 2. The average Bonchev–Trinajstić information content (AvgIpc) is 3.69. The largest absolute Gasteiger partial charge is 0.491 e. The van der Waals surface area contributed by atoms with Gasteiger partial charge in [0, 0.05) is 6.04 Å². The molecule has 0 bridgehead atoms. The summed E-state index contributed by atoms with van der Waals surface area (Å²) in [5, 5.41) is 19.5. The van der Waals surface area contributed by atoms with Gasteiger partial charge in [-0.3, -0.25) is 9.69 Å². The number of benzene rings is 1. The van der Waals surface area contributed by atoms with E-state index < -0.39 is 6.09 Å². The summed E-state index contributed by atoms with van der Waals surface area (Å²) in [7, 11) is 0. The first-order valence-electron chi connectivity index (χ1n) is 13.6. The topological polar surface area (TPSA) is 138 Å². The van der Waals surface area contributed by atoms with E-state index in [4.69, 9.17) is 14.2 Å². The number of anilines is 2. The molecule has 3 N–H and O–H groups in total. The van der Waals surface area contributed by atoms with Crippen molar-refractivity contribution < 1.29 is 23.8 Å². The van der Waals surface area contributed by atoms with Crippen molar-refractivity contribution in [2.75, 3.05) is 49.6 Å². The van der Waals surface area contributed by atoms with Crippen LogP contribution in [-0.4, -0.2) is 68.5 Å². The third-order valence-corrected chi connectivity index (χ3v) is 7.77. The highest BCUT2D eigenvalue weighted by molar-refractivity contribution is 5.95. The Kier molecular flexibility index (Phi) is 7.22. The zero-order valence-electron chi connectivity index (χ0n) is 21.7. The van der Waals surface area contributed by atoms with Gasteiger partial charge in [-0.15, -0.1) is 0 Å². The lowest BCUT2D eigenvalue weighted by Crippen LogP contribution is -2.30. The maximum Gasteiger partial charge on any atom is 0.415 e. The van der Waals surface area contributed by atoms with Gasteiger partial charge in [-0.25, -0.2) is 9.78 Å². The van der Waals surface area contributed by atoms with Crippen LogP contribution in [0.25, 0.3) is 0 Å². The minimum Gasteiger partial charge on any atom is -0.491 e. The third-order valence-electron chi connectivity index (χ3n) is 7.77. The Balaban J connectivity index is 0.971. The van der Waals surface area contributed by atoms with E-state index in [0.717, 1.165) is 37.9 Å². The number of nitriles is 1. The number of amides is 2. The Hall–Kier alpha value is -3.88. The monoisotopic (exact) mass is 532 g/mol. The van der Waals surface area contributed by atoms with Crippen molar-refractivity contribution in [3.05, 3.63) is 41.0 Å². The van der Waals surface area contributed by atoms with Crippen LogP contribution in [0.1, 0.15) is 36.0 Å². The molecule has 1 aromatic heterocycles. The van der Waals surface area contributed by atoms with E-state index in [2.05, 4.69) is 33.1 Å². The molecule has 3 aliphatic heterocycles. The quantitative estimate of drug-likeness (QED) is 0.415. The van der Waals surface area contributed by atoms with Crippen LogP contribution in [0.3, 0.4) is 0 Å². The lowest BCUT2D eigenvalue weighted by atomic mass is 10.0. The number of pyridine rings is 1. The fourth-order valence-corrected chi connectivity index (χ4v) is 5.77. The van der Waals surface area contributed by atoms with Crippen molar-refractivity contribution >= 4 is 23.6 Å². The van der Waals surface area contributed by atoms with Crippen LogP contribution in [0.5, 0.6) is 11.5 Å². The maximum atomic E-state index is 12.5. The van der Waals surface area contributed by atoms with Gasteiger partial charge in [-0.2, -0.15) is 5.26 Å². The number of hydrogen-bond donors (Lipinski definition) is 3. The van der Waals surface area contributed by atoms with Crippen LogP contribution in [-0.2, 0) is 22.4 Å². The molecule has 3 unspecified atom stereocenters. The average molecular weight is 533 g/mol. The van der Waals surface area contributed by atoms with E-state index in [1.54, 1.807) is 12.1 Å². The van der Waals surface area contributed by atoms with Crippen molar-refractivity contribution in [1.82, 2.24) is 15.6 Å². The number of ether oxygens (including phenoxy) is 3. The molecule has 11 nitrogen and oxygen atoms in total. The van der Waals surface area contributed by atoms with Crippen LogP contribution in [0.15, 0.2) is 24.3 Å². The summed E-state index contributed by atoms with van der Waals surface area (Å²) >= 11 is 0. The molecule has 6 rings (SSSR count). The van der Waals surface area contributed by atoms with E-state index in [-0.39, 0.29) is 18.6 Å². The van der Waals surface area contributed by atoms with Crippen LogP contribution in [0.4, 0.5) is 16.4 Å². The number of hydrogen-bond acceptors (Lipinski definition) is 9. The molecular formula is C28H32N6O5. The van der Waals surface area contributed by atoms with Crippen molar-refractivity contribution in [1.29, 1.82) is 5.26 Å². The second kappa shape index (κ2) is 11.1. The standard InChI is InChI=1S/C28H32N6O5/c29-12-22-21-11-17(10-18(21)3-4-23(22)37-15-19-2-1-8-31-19)13-30-9-7-20-14-34(28(36)39-20)25-6-5-24-27(32-25)33-26(35)16-38-24/h3-6,17,19-20,30-31H,1-2,7-11,13-16H2,(H,32,33,35). The lowest BCUT2D eigenvalue weighted by molar-refractivity contribution is -0.118. The molecule has 0 spiro atoms. The minimum atomic E-state index is -0.451. The number of rotatable bonds is 9. The van der Waals surface area contributed by atoms with E-state index in [9.17, 15) is 14.9 Å². The molecule has 2 fully saturated rings. The molecular weight excluding hydrogens is 500 g/mol. The van der Waals surface area contributed by atoms with E-state index in [1.807, 2.05) is 6.07 Å². The first-order valence-corrected chi connectivity index (χ1v) is 13.6. The summed E-state index contributed by atoms with van der Waals surface area (Å²) in [5.41, 5.74) is 3.01. The van der Waals surface area contributed by atoms with Gasteiger partial charge in [0.15, 0.2) is 18.2 Å². The summed E-state index contributed by atoms with van der Waals surface area (Å²) in [4.78, 5) is 29.9. The Morgan fingerprint density at radius 3 is 3.00 bits per heavy atom. The molecule has 39 heavy (non-hydrogen) atoms. The fraction of sp³-hybridized carbons (Fsp3) is 0.500. The number of carbonyl (C=O) groups excluding carboxylic acids is 2. The first kappa shape index (κ1) is 25.4. The van der Waals surface area contributed by atoms with Crippen LogP contribution in [0.2, 0.25) is 0 Å². The highest BCUT2D eigenvalue weighted by Gasteiger charge is 2.34. The Labute approximate surface area is 226 Å². The summed E-state index contributed by atoms with van der Waals surface area (Å²) < 4.78 is 16.9. The molecule has 0 radical (unpaired) electrons. The maximum absolute atomic E-state index is 12.5. The summed E-state index contributed by atoms with van der Waals surface area (Å²) in [5.74, 6) is 2.02. The van der Waals surface area contributed by atoms with E-state index in [1.165, 1.54) is 16.9 Å². The van der Waals surface area contributed by atoms with Gasteiger partial charge in [0.2, 0.25) is 0 Å². The zero-order valence-corrected chi connectivity index (χ0v) is 21.7. The van der Waals surface area contributed by atoms with Gasteiger partial charge in [0.1, 0.15) is 30.3 Å². The van der Waals surface area contributed by atoms with Gasteiger partial charge >= 0.3 is 6.09 Å². The molecule has 4 heterocycles. The Morgan fingerprint density at radius 2 is 2.15 bits per heavy atom. The Morgan fingerprint density at radius 1 is 1.23 bits per heavy atom. The molecule has 204 valence electrons. The molecule has 0 saturated carbocycles. The van der Waals surface area contributed by atoms with Gasteiger partial charge < -0.3 is 30.2 Å². The highest BCUT2D eigenvalue weighted by Crippen LogP contribution is 2.34. The number of cyclic esters (lactones) is 1. The minimum absolute atomic E-state index is 0.0466. The predicted molar refractivity (Wildman–Crippen MR) is 142 cm³/mol. The smallest absolute Gasteiger partial charge is 0.415 e. The van der Waals surface area contributed by atoms with Crippen LogP contribution >= 0.6 is 0 Å². The molecule has 11 heteroatoms. The Bertz CT molecular complexity index is 1300. The molecule has 2 amide bonds. The number of nitrogens with one attached hydrogen (secondary N) is 3. The lowest BCUT2D eigenvalue weighted by Gasteiger charge is -2.19. The highest BCUT2D eigenvalue weighted by atomic mass is 16.6.